The predicted octanol–water partition coefficient (Wildman–Crippen LogP) is 3.78. The smallest absolute Gasteiger partial charge is 0.343 e. The van der Waals surface area contributed by atoms with Crippen molar-refractivity contribution in [1.82, 2.24) is 5.43 Å². The molecule has 0 aliphatic rings. The summed E-state index contributed by atoms with van der Waals surface area (Å²) in [5.74, 6) is -1.16. The molecule has 8 nitrogen and oxygen atoms in total. The Hall–Kier alpha value is -4.46. The molecule has 33 heavy (non-hydrogen) atoms. The van der Waals surface area contributed by atoms with E-state index in [1.165, 1.54) is 6.21 Å². The van der Waals surface area contributed by atoms with Crippen LogP contribution in [0.15, 0.2) is 84.0 Å². The molecule has 2 N–H and O–H groups in total. The lowest BCUT2D eigenvalue weighted by molar-refractivity contribution is -0.136. The van der Waals surface area contributed by atoms with Crippen LogP contribution in [-0.4, -0.2) is 30.6 Å². The van der Waals surface area contributed by atoms with E-state index in [0.29, 0.717) is 34.9 Å². The summed E-state index contributed by atoms with van der Waals surface area (Å²) in [7, 11) is 0. The number of hydrogen-bond donors (Lipinski definition) is 2. The highest BCUT2D eigenvalue weighted by atomic mass is 16.5. The molecule has 0 spiro atoms. The van der Waals surface area contributed by atoms with Gasteiger partial charge < -0.3 is 14.8 Å². The van der Waals surface area contributed by atoms with Gasteiger partial charge in [-0.1, -0.05) is 25.1 Å². The quantitative estimate of drug-likeness (QED) is 0.180. The maximum atomic E-state index is 12.3. The average Bonchev–Trinajstić information content (AvgIpc) is 2.84. The lowest BCUT2D eigenvalue weighted by Gasteiger charge is -2.07. The Morgan fingerprint density at radius 1 is 0.848 bits per heavy atom. The molecule has 0 saturated heterocycles. The van der Waals surface area contributed by atoms with Gasteiger partial charge in [0.1, 0.15) is 11.5 Å². The summed E-state index contributed by atoms with van der Waals surface area (Å²) >= 11 is 0. The topological polar surface area (TPSA) is 106 Å². The Morgan fingerprint density at radius 2 is 1.52 bits per heavy atom. The van der Waals surface area contributed by atoms with Crippen molar-refractivity contribution < 1.29 is 23.9 Å². The van der Waals surface area contributed by atoms with Crippen molar-refractivity contribution in [3.63, 3.8) is 0 Å². The van der Waals surface area contributed by atoms with Crippen molar-refractivity contribution in [2.45, 2.75) is 13.3 Å². The summed E-state index contributed by atoms with van der Waals surface area (Å²) in [5, 5.41) is 6.23. The monoisotopic (exact) mass is 445 g/mol. The molecule has 0 radical (unpaired) electrons. The molecule has 0 unspecified atom stereocenters. The summed E-state index contributed by atoms with van der Waals surface area (Å²) in [6.07, 6.45) is 2.27. The lowest BCUT2D eigenvalue weighted by Crippen LogP contribution is -2.32. The van der Waals surface area contributed by atoms with E-state index in [0.717, 1.165) is 6.42 Å². The Balaban J connectivity index is 1.48. The van der Waals surface area contributed by atoms with E-state index in [2.05, 4.69) is 15.8 Å². The molecule has 3 rings (SSSR count). The number of carbonyl (C=O) groups is 3. The molecule has 3 aromatic carbocycles. The molecule has 0 heterocycles. The number of rotatable bonds is 8. The van der Waals surface area contributed by atoms with Crippen LogP contribution in [0.1, 0.15) is 29.3 Å². The van der Waals surface area contributed by atoms with Crippen LogP contribution in [0.3, 0.4) is 0 Å². The zero-order valence-electron chi connectivity index (χ0n) is 18.0. The molecule has 0 bridgehead atoms. The number of nitrogens with one attached hydrogen (secondary N) is 2. The molecule has 0 aliphatic heterocycles. The summed E-state index contributed by atoms with van der Waals surface area (Å²) < 4.78 is 10.9. The summed E-state index contributed by atoms with van der Waals surface area (Å²) in [6.45, 7) is 2.63. The third kappa shape index (κ3) is 7.32. The van der Waals surface area contributed by atoms with E-state index in [1.54, 1.807) is 78.9 Å². The number of amides is 2. The number of hydrogen-bond acceptors (Lipinski definition) is 6. The number of carbonyl (C=O) groups excluding carboxylic acids is 3. The van der Waals surface area contributed by atoms with Crippen LogP contribution < -0.4 is 20.2 Å². The fourth-order valence-corrected chi connectivity index (χ4v) is 2.62. The highest BCUT2D eigenvalue weighted by Crippen LogP contribution is 2.16. The van der Waals surface area contributed by atoms with Gasteiger partial charge in [0.15, 0.2) is 0 Å². The van der Waals surface area contributed by atoms with Crippen molar-refractivity contribution in [2.75, 3.05) is 11.9 Å². The van der Waals surface area contributed by atoms with Crippen molar-refractivity contribution >= 4 is 29.7 Å². The van der Waals surface area contributed by atoms with E-state index in [1.807, 2.05) is 6.92 Å². The zero-order valence-corrected chi connectivity index (χ0v) is 18.0. The van der Waals surface area contributed by atoms with E-state index in [9.17, 15) is 14.4 Å². The molecule has 0 aromatic heterocycles. The molecule has 8 heteroatoms. The van der Waals surface area contributed by atoms with Crippen LogP contribution in [0.25, 0.3) is 0 Å². The maximum absolute atomic E-state index is 12.3. The molecule has 2 amide bonds. The molecule has 0 saturated carbocycles. The second-order valence-corrected chi connectivity index (χ2v) is 6.85. The number of ether oxygens (including phenoxy) is 2. The van der Waals surface area contributed by atoms with Gasteiger partial charge in [-0.25, -0.2) is 10.2 Å². The van der Waals surface area contributed by atoms with Gasteiger partial charge in [0.2, 0.25) is 0 Å². The number of esters is 1. The van der Waals surface area contributed by atoms with Crippen LogP contribution in [0.4, 0.5) is 5.69 Å². The number of benzene rings is 3. The van der Waals surface area contributed by atoms with Crippen LogP contribution in [-0.2, 0) is 9.59 Å². The molecule has 0 aliphatic carbocycles. The van der Waals surface area contributed by atoms with Gasteiger partial charge in [0, 0.05) is 5.69 Å². The van der Waals surface area contributed by atoms with E-state index >= 15 is 0 Å². The minimum absolute atomic E-state index is 0.356. The number of hydrazone groups is 1. The van der Waals surface area contributed by atoms with Crippen LogP contribution >= 0.6 is 0 Å². The predicted molar refractivity (Wildman–Crippen MR) is 124 cm³/mol. The summed E-state index contributed by atoms with van der Waals surface area (Å²) in [4.78, 5) is 35.9. The fourth-order valence-electron chi connectivity index (χ4n) is 2.62. The Labute approximate surface area is 191 Å². The first-order chi connectivity index (χ1) is 16.0. The third-order valence-electron chi connectivity index (χ3n) is 4.27. The molecular formula is C25H23N3O5. The SMILES string of the molecule is CCCOc1ccc(C(=O)Oc2ccc(/C=N/NC(=O)C(=O)Nc3ccccc3)cc2)cc1. The van der Waals surface area contributed by atoms with Gasteiger partial charge in [-0.3, -0.25) is 9.59 Å². The molecular weight excluding hydrogens is 422 g/mol. The largest absolute Gasteiger partial charge is 0.494 e. The Morgan fingerprint density at radius 3 is 2.18 bits per heavy atom. The number of para-hydroxylation sites is 1. The van der Waals surface area contributed by atoms with Crippen molar-refractivity contribution in [3.05, 3.63) is 90.0 Å². The van der Waals surface area contributed by atoms with Crippen LogP contribution in [0.2, 0.25) is 0 Å². The highest BCUT2D eigenvalue weighted by Gasteiger charge is 2.12. The second-order valence-electron chi connectivity index (χ2n) is 6.85. The first-order valence-corrected chi connectivity index (χ1v) is 10.3. The first-order valence-electron chi connectivity index (χ1n) is 10.3. The average molecular weight is 445 g/mol. The van der Waals surface area contributed by atoms with E-state index in [-0.39, 0.29) is 0 Å². The standard InChI is InChI=1S/C25H23N3O5/c1-2-16-32-21-14-10-19(11-15-21)25(31)33-22-12-8-18(9-13-22)17-26-28-24(30)23(29)27-20-6-4-3-5-7-20/h3-15,17H,2,16H2,1H3,(H,27,29)(H,28,30)/b26-17+. The molecule has 3 aromatic rings. The highest BCUT2D eigenvalue weighted by molar-refractivity contribution is 6.39. The van der Waals surface area contributed by atoms with Gasteiger partial charge in [-0.05, 0) is 72.6 Å². The van der Waals surface area contributed by atoms with Crippen molar-refractivity contribution in [3.8, 4) is 11.5 Å². The first kappa shape index (κ1) is 23.2. The summed E-state index contributed by atoms with van der Waals surface area (Å²) in [5.41, 5.74) is 3.71. The summed E-state index contributed by atoms with van der Waals surface area (Å²) in [6, 6.07) is 21.9. The number of anilines is 1. The van der Waals surface area contributed by atoms with E-state index in [4.69, 9.17) is 9.47 Å². The molecule has 0 atom stereocenters. The Bertz CT molecular complexity index is 1110. The van der Waals surface area contributed by atoms with Gasteiger partial charge in [0.05, 0.1) is 18.4 Å². The van der Waals surface area contributed by atoms with Gasteiger partial charge in [-0.2, -0.15) is 5.10 Å². The van der Waals surface area contributed by atoms with Gasteiger partial charge >= 0.3 is 17.8 Å². The minimum Gasteiger partial charge on any atom is -0.494 e. The third-order valence-corrected chi connectivity index (χ3v) is 4.27. The van der Waals surface area contributed by atoms with Crippen molar-refractivity contribution in [2.24, 2.45) is 5.10 Å². The van der Waals surface area contributed by atoms with Gasteiger partial charge in [0.25, 0.3) is 0 Å². The normalized spacial score (nSPS) is 10.5. The number of nitrogens with zero attached hydrogens (tertiary/aromatic N) is 1. The van der Waals surface area contributed by atoms with Crippen molar-refractivity contribution in [1.29, 1.82) is 0 Å². The zero-order chi connectivity index (χ0) is 23.5. The van der Waals surface area contributed by atoms with Crippen LogP contribution in [0, 0.1) is 0 Å². The minimum atomic E-state index is -0.897. The van der Waals surface area contributed by atoms with Gasteiger partial charge in [-0.15, -0.1) is 0 Å². The molecule has 0 fully saturated rings. The fraction of sp³-hybridized carbons (Fsp3) is 0.120. The maximum Gasteiger partial charge on any atom is 0.343 e. The van der Waals surface area contributed by atoms with Crippen LogP contribution in [0.5, 0.6) is 11.5 Å². The van der Waals surface area contributed by atoms with E-state index < -0.39 is 17.8 Å². The second kappa shape index (κ2) is 11.8. The lowest BCUT2D eigenvalue weighted by atomic mass is 10.2. The molecule has 168 valence electrons. The Kier molecular flexibility index (Phi) is 8.30.